The molecule has 0 aliphatic rings. The van der Waals surface area contributed by atoms with Crippen LogP contribution >= 0.6 is 23.2 Å². The molecule has 6 heteroatoms. The Bertz CT molecular complexity index is 652. The number of nitrogens with two attached hydrogens (primary N) is 1. The molecule has 0 aromatic heterocycles. The standard InChI is InChI=1S/C15H13Cl2F2NO/c16-11-5-1-3-8(14(11)19)10(7-20)15(21)9-4-2-6-12(18)13(9)17/h1-6,10,15,21H,7,20H2. The Morgan fingerprint density at radius 3 is 2.33 bits per heavy atom. The van der Waals surface area contributed by atoms with Crippen LogP contribution in [0.1, 0.15) is 23.1 Å². The molecular weight excluding hydrogens is 319 g/mol. The maximum absolute atomic E-state index is 14.1. The molecular formula is C15H13Cl2F2NO. The van der Waals surface area contributed by atoms with Crippen molar-refractivity contribution in [2.45, 2.75) is 12.0 Å². The molecule has 2 aromatic rings. The molecule has 112 valence electrons. The summed E-state index contributed by atoms with van der Waals surface area (Å²) in [6, 6.07) is 8.51. The van der Waals surface area contributed by atoms with Gasteiger partial charge in [0.1, 0.15) is 11.6 Å². The van der Waals surface area contributed by atoms with Gasteiger partial charge >= 0.3 is 0 Å². The van der Waals surface area contributed by atoms with Crippen LogP contribution in [0.4, 0.5) is 8.78 Å². The van der Waals surface area contributed by atoms with Crippen molar-refractivity contribution in [3.63, 3.8) is 0 Å². The molecule has 0 bridgehead atoms. The second-order valence-electron chi connectivity index (χ2n) is 4.57. The normalized spacial score (nSPS) is 14.0. The minimum absolute atomic E-state index is 0.0503. The van der Waals surface area contributed by atoms with Crippen LogP contribution in [0.3, 0.4) is 0 Å². The van der Waals surface area contributed by atoms with Crippen LogP contribution < -0.4 is 5.73 Å². The second-order valence-corrected chi connectivity index (χ2v) is 5.36. The number of rotatable bonds is 4. The van der Waals surface area contributed by atoms with Gasteiger partial charge in [0.2, 0.25) is 0 Å². The monoisotopic (exact) mass is 331 g/mol. The highest BCUT2D eigenvalue weighted by molar-refractivity contribution is 6.31. The molecule has 0 spiro atoms. The van der Waals surface area contributed by atoms with E-state index in [1.807, 2.05) is 0 Å². The number of hydrogen-bond donors (Lipinski definition) is 2. The highest BCUT2D eigenvalue weighted by atomic mass is 35.5. The first-order valence-electron chi connectivity index (χ1n) is 6.23. The van der Waals surface area contributed by atoms with Crippen LogP contribution in [0, 0.1) is 11.6 Å². The highest BCUT2D eigenvalue weighted by Gasteiger charge is 2.27. The van der Waals surface area contributed by atoms with Crippen LogP contribution in [-0.4, -0.2) is 11.7 Å². The molecule has 2 rings (SSSR count). The van der Waals surface area contributed by atoms with Gasteiger partial charge < -0.3 is 10.8 Å². The molecule has 0 saturated carbocycles. The van der Waals surface area contributed by atoms with E-state index in [1.165, 1.54) is 30.3 Å². The van der Waals surface area contributed by atoms with E-state index >= 15 is 0 Å². The summed E-state index contributed by atoms with van der Waals surface area (Å²) in [7, 11) is 0. The molecule has 0 radical (unpaired) electrons. The van der Waals surface area contributed by atoms with Gasteiger partial charge in [0, 0.05) is 18.0 Å². The van der Waals surface area contributed by atoms with Gasteiger partial charge in [-0.1, -0.05) is 47.5 Å². The van der Waals surface area contributed by atoms with Crippen molar-refractivity contribution >= 4 is 23.2 Å². The Kier molecular flexibility index (Phi) is 5.17. The van der Waals surface area contributed by atoms with E-state index in [2.05, 4.69) is 0 Å². The van der Waals surface area contributed by atoms with Crippen LogP contribution in [0.2, 0.25) is 10.0 Å². The van der Waals surface area contributed by atoms with Crippen LogP contribution in [0.25, 0.3) is 0 Å². The van der Waals surface area contributed by atoms with E-state index in [1.54, 1.807) is 6.07 Å². The van der Waals surface area contributed by atoms with Crippen molar-refractivity contribution in [1.82, 2.24) is 0 Å². The van der Waals surface area contributed by atoms with Crippen LogP contribution in [0.15, 0.2) is 36.4 Å². The molecule has 0 aliphatic heterocycles. The molecule has 0 saturated heterocycles. The lowest BCUT2D eigenvalue weighted by Crippen LogP contribution is -2.21. The van der Waals surface area contributed by atoms with Crippen LogP contribution in [-0.2, 0) is 0 Å². The van der Waals surface area contributed by atoms with Crippen LogP contribution in [0.5, 0.6) is 0 Å². The Hall–Kier alpha value is -1.20. The van der Waals surface area contributed by atoms with Gasteiger partial charge in [-0.05, 0) is 17.7 Å². The zero-order valence-electron chi connectivity index (χ0n) is 10.9. The fourth-order valence-electron chi connectivity index (χ4n) is 2.20. The molecule has 21 heavy (non-hydrogen) atoms. The fraction of sp³-hybridized carbons (Fsp3) is 0.200. The smallest absolute Gasteiger partial charge is 0.145 e. The van der Waals surface area contributed by atoms with Crippen molar-refractivity contribution in [2.75, 3.05) is 6.54 Å². The van der Waals surface area contributed by atoms with E-state index in [9.17, 15) is 13.9 Å². The van der Waals surface area contributed by atoms with E-state index in [-0.39, 0.29) is 27.7 Å². The molecule has 0 fully saturated rings. The van der Waals surface area contributed by atoms with E-state index in [0.29, 0.717) is 0 Å². The summed E-state index contributed by atoms with van der Waals surface area (Å²) in [5, 5.41) is 10.1. The summed E-state index contributed by atoms with van der Waals surface area (Å²) in [4.78, 5) is 0. The molecule has 3 N–H and O–H groups in total. The minimum atomic E-state index is -1.24. The molecule has 2 atom stereocenters. The van der Waals surface area contributed by atoms with E-state index in [0.717, 1.165) is 0 Å². The first kappa shape index (κ1) is 16.2. The average molecular weight is 332 g/mol. The lowest BCUT2D eigenvalue weighted by atomic mass is 9.88. The van der Waals surface area contributed by atoms with Gasteiger partial charge in [-0.25, -0.2) is 8.78 Å². The molecule has 2 aromatic carbocycles. The summed E-state index contributed by atoms with van der Waals surface area (Å²) in [5.74, 6) is -2.10. The topological polar surface area (TPSA) is 46.2 Å². The third-order valence-corrected chi connectivity index (χ3v) is 4.01. The number of hydrogen-bond acceptors (Lipinski definition) is 2. The number of benzene rings is 2. The van der Waals surface area contributed by atoms with Crippen molar-refractivity contribution < 1.29 is 13.9 Å². The fourth-order valence-corrected chi connectivity index (χ4v) is 2.62. The second kappa shape index (κ2) is 6.71. The van der Waals surface area contributed by atoms with Gasteiger partial charge in [-0.15, -0.1) is 0 Å². The first-order valence-corrected chi connectivity index (χ1v) is 6.99. The molecule has 2 unspecified atom stereocenters. The number of aliphatic hydroxyl groups excluding tert-OH is 1. The molecule has 2 nitrogen and oxygen atoms in total. The number of halogens is 4. The van der Waals surface area contributed by atoms with Gasteiger partial charge in [0.25, 0.3) is 0 Å². The van der Waals surface area contributed by atoms with Crippen molar-refractivity contribution in [3.05, 3.63) is 69.2 Å². The Balaban J connectivity index is 2.46. The first-order chi connectivity index (χ1) is 9.97. The highest BCUT2D eigenvalue weighted by Crippen LogP contribution is 2.37. The molecule has 0 heterocycles. The SMILES string of the molecule is NCC(c1cccc(Cl)c1F)C(O)c1cccc(F)c1Cl. The summed E-state index contributed by atoms with van der Waals surface area (Å²) in [6.45, 7) is -0.0503. The zero-order chi connectivity index (χ0) is 15.6. The third-order valence-electron chi connectivity index (χ3n) is 3.32. The molecule has 0 amide bonds. The Morgan fingerprint density at radius 2 is 1.67 bits per heavy atom. The van der Waals surface area contributed by atoms with Gasteiger partial charge in [-0.3, -0.25) is 0 Å². The van der Waals surface area contributed by atoms with Crippen molar-refractivity contribution in [2.24, 2.45) is 5.73 Å². The van der Waals surface area contributed by atoms with Gasteiger partial charge in [0.05, 0.1) is 16.1 Å². The zero-order valence-corrected chi connectivity index (χ0v) is 12.4. The lowest BCUT2D eigenvalue weighted by molar-refractivity contribution is 0.145. The molecule has 0 aliphatic carbocycles. The van der Waals surface area contributed by atoms with Crippen molar-refractivity contribution in [1.29, 1.82) is 0 Å². The summed E-state index contributed by atoms with van der Waals surface area (Å²) in [6.07, 6.45) is -1.24. The largest absolute Gasteiger partial charge is 0.388 e. The van der Waals surface area contributed by atoms with Gasteiger partial charge in [0.15, 0.2) is 0 Å². The summed E-state index contributed by atoms with van der Waals surface area (Å²) in [5.41, 5.74) is 5.97. The maximum Gasteiger partial charge on any atom is 0.145 e. The Morgan fingerprint density at radius 1 is 1.05 bits per heavy atom. The summed E-state index contributed by atoms with van der Waals surface area (Å²) < 4.78 is 27.6. The predicted octanol–water partition coefficient (Wildman–Crippen LogP) is 4.05. The van der Waals surface area contributed by atoms with E-state index < -0.39 is 23.7 Å². The van der Waals surface area contributed by atoms with Crippen molar-refractivity contribution in [3.8, 4) is 0 Å². The summed E-state index contributed by atoms with van der Waals surface area (Å²) >= 11 is 11.6. The van der Waals surface area contributed by atoms with Gasteiger partial charge in [-0.2, -0.15) is 0 Å². The quantitative estimate of drug-likeness (QED) is 0.887. The maximum atomic E-state index is 14.1. The minimum Gasteiger partial charge on any atom is -0.388 e. The number of aliphatic hydroxyl groups is 1. The lowest BCUT2D eigenvalue weighted by Gasteiger charge is -2.24. The average Bonchev–Trinajstić information content (AvgIpc) is 2.47. The third kappa shape index (κ3) is 3.19. The Labute approximate surface area is 131 Å². The predicted molar refractivity (Wildman–Crippen MR) is 79.6 cm³/mol. The van der Waals surface area contributed by atoms with E-state index in [4.69, 9.17) is 28.9 Å².